The van der Waals surface area contributed by atoms with Crippen molar-refractivity contribution in [2.24, 2.45) is 0 Å². The van der Waals surface area contributed by atoms with Gasteiger partial charge < -0.3 is 9.47 Å². The van der Waals surface area contributed by atoms with E-state index in [1.165, 1.54) is 12.1 Å². The van der Waals surface area contributed by atoms with Gasteiger partial charge in [0, 0.05) is 0 Å². The lowest BCUT2D eigenvalue weighted by Crippen LogP contribution is -2.23. The van der Waals surface area contributed by atoms with Crippen molar-refractivity contribution < 1.29 is 27.4 Å². The van der Waals surface area contributed by atoms with Crippen LogP contribution in [0.4, 0.5) is 18.0 Å². The Bertz CT molecular complexity index is 465. The first-order valence-electron chi connectivity index (χ1n) is 6.51. The molecule has 0 aromatic heterocycles. The number of ether oxygens (including phenoxy) is 2. The summed E-state index contributed by atoms with van der Waals surface area (Å²) in [6.45, 7) is 0. The summed E-state index contributed by atoms with van der Waals surface area (Å²) in [4.78, 5) is 11.5. The predicted octanol–water partition coefficient (Wildman–Crippen LogP) is 4.55. The van der Waals surface area contributed by atoms with Crippen LogP contribution in [0, 0.1) is 0 Å². The van der Waals surface area contributed by atoms with Gasteiger partial charge in [0.05, 0.1) is 5.56 Å². The van der Waals surface area contributed by atoms with Crippen molar-refractivity contribution in [2.45, 2.75) is 44.4 Å². The average molecular weight is 288 g/mol. The molecule has 0 amide bonds. The number of rotatable bonds is 2. The summed E-state index contributed by atoms with van der Waals surface area (Å²) in [7, 11) is 0. The van der Waals surface area contributed by atoms with E-state index in [-0.39, 0.29) is 6.10 Å². The highest BCUT2D eigenvalue weighted by Gasteiger charge is 2.35. The standard InChI is InChI=1S/C14H15F3O3/c15-14(16,17)11-8-4-5-9-12(11)20-13(18)19-10-6-2-1-3-7-10/h4-5,8-10H,1-3,6-7H2. The third-order valence-corrected chi connectivity index (χ3v) is 3.20. The molecule has 2 rings (SSSR count). The molecular formula is C14H15F3O3. The van der Waals surface area contributed by atoms with E-state index in [1.807, 2.05) is 0 Å². The highest BCUT2D eigenvalue weighted by Crippen LogP contribution is 2.36. The van der Waals surface area contributed by atoms with Gasteiger partial charge in [0.25, 0.3) is 0 Å². The minimum atomic E-state index is -4.57. The summed E-state index contributed by atoms with van der Waals surface area (Å²) in [5.41, 5.74) is -0.986. The Morgan fingerprint density at radius 3 is 2.40 bits per heavy atom. The molecule has 0 N–H and O–H groups in total. The van der Waals surface area contributed by atoms with Crippen molar-refractivity contribution in [3.8, 4) is 5.75 Å². The van der Waals surface area contributed by atoms with E-state index >= 15 is 0 Å². The molecule has 1 fully saturated rings. The number of benzene rings is 1. The number of para-hydroxylation sites is 1. The van der Waals surface area contributed by atoms with Crippen molar-refractivity contribution in [2.75, 3.05) is 0 Å². The van der Waals surface area contributed by atoms with Crippen LogP contribution in [0.2, 0.25) is 0 Å². The van der Waals surface area contributed by atoms with E-state index in [1.54, 1.807) is 0 Å². The van der Waals surface area contributed by atoms with E-state index in [0.29, 0.717) is 0 Å². The van der Waals surface area contributed by atoms with Gasteiger partial charge in [-0.1, -0.05) is 18.6 Å². The monoisotopic (exact) mass is 288 g/mol. The van der Waals surface area contributed by atoms with Gasteiger partial charge in [-0.15, -0.1) is 0 Å². The Hall–Kier alpha value is -1.72. The fraction of sp³-hybridized carbons (Fsp3) is 0.500. The van der Waals surface area contributed by atoms with Gasteiger partial charge in [0.1, 0.15) is 11.9 Å². The molecule has 1 aliphatic carbocycles. The van der Waals surface area contributed by atoms with Gasteiger partial charge in [-0.05, 0) is 37.8 Å². The number of hydrogen-bond acceptors (Lipinski definition) is 3. The second-order valence-electron chi connectivity index (χ2n) is 4.72. The van der Waals surface area contributed by atoms with Gasteiger partial charge in [-0.2, -0.15) is 13.2 Å². The number of carbonyl (C=O) groups excluding carboxylic acids is 1. The lowest BCUT2D eigenvalue weighted by Gasteiger charge is -2.21. The summed E-state index contributed by atoms with van der Waals surface area (Å²) in [5.74, 6) is -0.527. The van der Waals surface area contributed by atoms with Crippen molar-refractivity contribution in [3.05, 3.63) is 29.8 Å². The minimum Gasteiger partial charge on any atom is -0.431 e. The molecule has 0 heterocycles. The second kappa shape index (κ2) is 6.15. The first kappa shape index (κ1) is 14.7. The van der Waals surface area contributed by atoms with E-state index in [2.05, 4.69) is 0 Å². The first-order chi connectivity index (χ1) is 9.47. The van der Waals surface area contributed by atoms with Crippen LogP contribution in [-0.2, 0) is 10.9 Å². The lowest BCUT2D eigenvalue weighted by molar-refractivity contribution is -0.138. The molecule has 1 saturated carbocycles. The van der Waals surface area contributed by atoms with E-state index < -0.39 is 23.6 Å². The summed E-state index contributed by atoms with van der Waals surface area (Å²) in [6.07, 6.45) is -1.43. The molecule has 0 saturated heterocycles. The molecule has 0 aliphatic heterocycles. The van der Waals surface area contributed by atoms with Gasteiger partial charge in [0.2, 0.25) is 0 Å². The van der Waals surface area contributed by atoms with Crippen LogP contribution in [0.3, 0.4) is 0 Å². The average Bonchev–Trinajstić information content (AvgIpc) is 2.39. The maximum atomic E-state index is 12.7. The number of carbonyl (C=O) groups is 1. The van der Waals surface area contributed by atoms with Crippen molar-refractivity contribution >= 4 is 6.16 Å². The third kappa shape index (κ3) is 3.88. The van der Waals surface area contributed by atoms with Crippen molar-refractivity contribution in [3.63, 3.8) is 0 Å². The number of alkyl halides is 3. The number of hydrogen-bond donors (Lipinski definition) is 0. The van der Waals surface area contributed by atoms with Crippen LogP contribution >= 0.6 is 0 Å². The normalized spacial score (nSPS) is 16.8. The van der Waals surface area contributed by atoms with Crippen molar-refractivity contribution in [1.82, 2.24) is 0 Å². The Morgan fingerprint density at radius 2 is 1.75 bits per heavy atom. The summed E-state index contributed by atoms with van der Waals surface area (Å²) in [5, 5.41) is 0. The Kier molecular flexibility index (Phi) is 4.52. The molecule has 0 spiro atoms. The first-order valence-corrected chi connectivity index (χ1v) is 6.51. The third-order valence-electron chi connectivity index (χ3n) is 3.20. The fourth-order valence-electron chi connectivity index (χ4n) is 2.22. The summed E-state index contributed by atoms with van der Waals surface area (Å²) >= 11 is 0. The second-order valence-corrected chi connectivity index (χ2v) is 4.72. The van der Waals surface area contributed by atoms with Crippen LogP contribution in [0.15, 0.2) is 24.3 Å². The largest absolute Gasteiger partial charge is 0.514 e. The molecule has 0 unspecified atom stereocenters. The van der Waals surface area contributed by atoms with Gasteiger partial charge >= 0.3 is 12.3 Å². The van der Waals surface area contributed by atoms with E-state index in [0.717, 1.165) is 44.2 Å². The molecule has 20 heavy (non-hydrogen) atoms. The number of halogens is 3. The quantitative estimate of drug-likeness (QED) is 0.591. The molecule has 3 nitrogen and oxygen atoms in total. The molecule has 6 heteroatoms. The van der Waals surface area contributed by atoms with E-state index in [4.69, 9.17) is 9.47 Å². The van der Waals surface area contributed by atoms with Gasteiger partial charge in [-0.3, -0.25) is 0 Å². The molecular weight excluding hydrogens is 273 g/mol. The Labute approximate surface area is 114 Å². The summed E-state index contributed by atoms with van der Waals surface area (Å²) < 4.78 is 47.9. The maximum absolute atomic E-state index is 12.7. The topological polar surface area (TPSA) is 35.5 Å². The SMILES string of the molecule is O=C(Oc1ccccc1C(F)(F)F)OC1CCCCC1. The zero-order chi connectivity index (χ0) is 14.6. The molecule has 1 aromatic carbocycles. The predicted molar refractivity (Wildman–Crippen MR) is 65.4 cm³/mol. The van der Waals surface area contributed by atoms with Crippen LogP contribution in [-0.4, -0.2) is 12.3 Å². The zero-order valence-electron chi connectivity index (χ0n) is 10.8. The molecule has 0 bridgehead atoms. The van der Waals surface area contributed by atoms with Gasteiger partial charge in [-0.25, -0.2) is 4.79 Å². The van der Waals surface area contributed by atoms with Crippen LogP contribution in [0.25, 0.3) is 0 Å². The highest BCUT2D eigenvalue weighted by atomic mass is 19.4. The van der Waals surface area contributed by atoms with Gasteiger partial charge in [0.15, 0.2) is 0 Å². The van der Waals surface area contributed by atoms with Crippen LogP contribution in [0.5, 0.6) is 5.75 Å². The Morgan fingerprint density at radius 1 is 1.10 bits per heavy atom. The Balaban J connectivity index is 2.00. The molecule has 0 radical (unpaired) electrons. The molecule has 110 valence electrons. The van der Waals surface area contributed by atoms with Crippen LogP contribution in [0.1, 0.15) is 37.7 Å². The fourth-order valence-corrected chi connectivity index (χ4v) is 2.22. The van der Waals surface area contributed by atoms with Crippen LogP contribution < -0.4 is 4.74 Å². The zero-order valence-corrected chi connectivity index (χ0v) is 10.8. The highest BCUT2D eigenvalue weighted by molar-refractivity contribution is 5.65. The smallest absolute Gasteiger partial charge is 0.431 e. The summed E-state index contributed by atoms with van der Waals surface area (Å²) in [6, 6.07) is 4.58. The minimum absolute atomic E-state index is 0.255. The maximum Gasteiger partial charge on any atom is 0.514 e. The molecule has 0 atom stereocenters. The lowest BCUT2D eigenvalue weighted by atomic mass is 9.98. The van der Waals surface area contributed by atoms with E-state index in [9.17, 15) is 18.0 Å². The molecule has 1 aliphatic rings. The molecule has 1 aromatic rings. The van der Waals surface area contributed by atoms with Crippen molar-refractivity contribution in [1.29, 1.82) is 0 Å².